The normalized spacial score (nSPS) is 11.6. The maximum atomic E-state index is 8.95. The molecule has 3 aromatic rings. The number of aliphatic imine (C=N–C) groups is 1. The van der Waals surface area contributed by atoms with E-state index in [0.29, 0.717) is 18.0 Å². The zero-order valence-electron chi connectivity index (χ0n) is 19.2. The topological polar surface area (TPSA) is 90.9 Å². The van der Waals surface area contributed by atoms with Gasteiger partial charge in [-0.1, -0.05) is 31.2 Å². The van der Waals surface area contributed by atoms with Gasteiger partial charge in [0, 0.05) is 30.2 Å². The number of aromatic amines is 1. The number of nitrogens with one attached hydrogen (secondary N) is 3. The van der Waals surface area contributed by atoms with Crippen molar-refractivity contribution in [1.29, 1.82) is 0 Å². The number of aliphatic hydroxyl groups excluding tert-OH is 1. The highest BCUT2D eigenvalue weighted by atomic mass is 16.5. The lowest BCUT2D eigenvalue weighted by atomic mass is 10.1. The Hall–Kier alpha value is -3.19. The van der Waals surface area contributed by atoms with Crippen LogP contribution in [0.1, 0.15) is 30.5 Å². The number of H-pyrrole nitrogens is 1. The number of aromatic nitrogens is 1. The van der Waals surface area contributed by atoms with Crippen LogP contribution in [0.3, 0.4) is 0 Å². The number of hydrogen-bond acceptors (Lipinski definition) is 4. The fourth-order valence-electron chi connectivity index (χ4n) is 3.69. The van der Waals surface area contributed by atoms with Crippen molar-refractivity contribution >= 4 is 16.9 Å². The van der Waals surface area contributed by atoms with Gasteiger partial charge in [-0.05, 0) is 48.6 Å². The first-order valence-corrected chi connectivity index (χ1v) is 11.2. The summed E-state index contributed by atoms with van der Waals surface area (Å²) in [4.78, 5) is 8.15. The molecule has 0 amide bonds. The summed E-state index contributed by atoms with van der Waals surface area (Å²) in [6, 6.07) is 12.2. The zero-order valence-corrected chi connectivity index (χ0v) is 19.2. The largest absolute Gasteiger partial charge is 0.493 e. The average molecular weight is 439 g/mol. The summed E-state index contributed by atoms with van der Waals surface area (Å²) in [7, 11) is 1.61. The third-order valence-corrected chi connectivity index (χ3v) is 5.30. The quantitative estimate of drug-likeness (QED) is 0.272. The molecule has 0 bridgehead atoms. The van der Waals surface area contributed by atoms with Gasteiger partial charge < -0.3 is 30.2 Å². The molecule has 4 N–H and O–H groups in total. The number of ether oxygens (including phenoxy) is 2. The fraction of sp³-hybridized carbons (Fsp3) is 0.400. The third kappa shape index (κ3) is 5.95. The summed E-state index contributed by atoms with van der Waals surface area (Å²) in [5, 5.41) is 17.0. The van der Waals surface area contributed by atoms with Crippen LogP contribution in [-0.2, 0) is 19.4 Å². The summed E-state index contributed by atoms with van der Waals surface area (Å²) >= 11 is 0. The molecule has 0 radical (unpaired) electrons. The Kier molecular flexibility index (Phi) is 8.80. The van der Waals surface area contributed by atoms with Gasteiger partial charge in [-0.15, -0.1) is 0 Å². The number of rotatable bonds is 11. The monoisotopic (exact) mass is 438 g/mol. The molecular formula is C25H34N4O3. The predicted molar refractivity (Wildman–Crippen MR) is 130 cm³/mol. The van der Waals surface area contributed by atoms with Crippen LogP contribution < -0.4 is 20.1 Å². The minimum absolute atomic E-state index is 0.0365. The van der Waals surface area contributed by atoms with Gasteiger partial charge >= 0.3 is 0 Å². The van der Waals surface area contributed by atoms with E-state index in [2.05, 4.69) is 53.9 Å². The van der Waals surface area contributed by atoms with E-state index >= 15 is 0 Å². The molecular weight excluding hydrogens is 404 g/mol. The van der Waals surface area contributed by atoms with Gasteiger partial charge in [0.1, 0.15) is 6.61 Å². The van der Waals surface area contributed by atoms with E-state index in [1.165, 1.54) is 22.0 Å². The van der Waals surface area contributed by atoms with Crippen LogP contribution in [0.5, 0.6) is 11.5 Å². The second-order valence-electron chi connectivity index (χ2n) is 7.44. The molecule has 0 atom stereocenters. The Morgan fingerprint density at radius 1 is 1.09 bits per heavy atom. The van der Waals surface area contributed by atoms with Gasteiger partial charge in [0.25, 0.3) is 0 Å². The number of nitrogens with zero attached hydrogens (tertiary/aromatic N) is 1. The minimum atomic E-state index is -0.0365. The molecule has 0 aliphatic carbocycles. The van der Waals surface area contributed by atoms with Crippen LogP contribution in [0.4, 0.5) is 0 Å². The van der Waals surface area contributed by atoms with E-state index in [4.69, 9.17) is 19.6 Å². The maximum Gasteiger partial charge on any atom is 0.191 e. The Morgan fingerprint density at radius 3 is 2.72 bits per heavy atom. The van der Waals surface area contributed by atoms with E-state index in [1.807, 2.05) is 18.2 Å². The fourth-order valence-corrected chi connectivity index (χ4v) is 3.69. The van der Waals surface area contributed by atoms with E-state index in [1.54, 1.807) is 7.11 Å². The van der Waals surface area contributed by atoms with Crippen molar-refractivity contribution in [2.24, 2.45) is 4.99 Å². The Morgan fingerprint density at radius 2 is 1.97 bits per heavy atom. The molecule has 0 saturated heterocycles. The van der Waals surface area contributed by atoms with Crippen LogP contribution >= 0.6 is 0 Å². The van der Waals surface area contributed by atoms with Gasteiger partial charge in [-0.2, -0.15) is 0 Å². The lowest BCUT2D eigenvalue weighted by molar-refractivity contribution is 0.196. The Bertz CT molecular complexity index is 1030. The number of methoxy groups -OCH3 is 1. The molecule has 2 aromatic carbocycles. The molecule has 3 rings (SSSR count). The second kappa shape index (κ2) is 12.0. The number of aliphatic hydroxyl groups is 1. The molecule has 0 aliphatic heterocycles. The molecule has 7 nitrogen and oxygen atoms in total. The number of para-hydroxylation sites is 1. The summed E-state index contributed by atoms with van der Waals surface area (Å²) < 4.78 is 10.9. The van der Waals surface area contributed by atoms with Gasteiger partial charge in [-0.25, -0.2) is 4.99 Å². The highest BCUT2D eigenvalue weighted by Crippen LogP contribution is 2.28. The van der Waals surface area contributed by atoms with Gasteiger partial charge in [-0.3, -0.25) is 0 Å². The minimum Gasteiger partial charge on any atom is -0.493 e. The smallest absolute Gasteiger partial charge is 0.191 e. The number of guanidine groups is 1. The molecule has 0 fully saturated rings. The average Bonchev–Trinajstić information content (AvgIpc) is 3.24. The van der Waals surface area contributed by atoms with Crippen molar-refractivity contribution in [3.63, 3.8) is 0 Å². The van der Waals surface area contributed by atoms with E-state index in [-0.39, 0.29) is 13.2 Å². The highest BCUT2D eigenvalue weighted by Gasteiger charge is 2.08. The Labute approximate surface area is 189 Å². The number of fused-ring (bicyclic) bond motifs is 1. The molecule has 0 spiro atoms. The lowest BCUT2D eigenvalue weighted by Crippen LogP contribution is -2.38. The summed E-state index contributed by atoms with van der Waals surface area (Å²) in [6.07, 6.45) is 4.04. The van der Waals surface area contributed by atoms with Crippen molar-refractivity contribution in [2.75, 3.05) is 33.4 Å². The SMILES string of the molecule is CCNC(=NCc1ccc(OCCO)c(OC)c1)NCCc1c[nH]c2c(CC)cccc12. The first-order chi connectivity index (χ1) is 15.7. The van der Waals surface area contributed by atoms with Gasteiger partial charge in [0.05, 0.1) is 20.3 Å². The summed E-state index contributed by atoms with van der Waals surface area (Å²) in [5.74, 6) is 2.03. The van der Waals surface area contributed by atoms with Crippen LogP contribution in [-0.4, -0.2) is 49.5 Å². The van der Waals surface area contributed by atoms with Crippen LogP contribution in [0.25, 0.3) is 10.9 Å². The molecule has 0 aliphatic rings. The highest BCUT2D eigenvalue weighted by molar-refractivity contribution is 5.86. The maximum absolute atomic E-state index is 8.95. The summed E-state index contributed by atoms with van der Waals surface area (Å²) in [5.41, 5.74) is 4.91. The zero-order chi connectivity index (χ0) is 22.8. The van der Waals surface area contributed by atoms with E-state index in [0.717, 1.165) is 37.5 Å². The third-order valence-electron chi connectivity index (χ3n) is 5.30. The number of benzene rings is 2. The van der Waals surface area contributed by atoms with Crippen LogP contribution in [0.15, 0.2) is 47.6 Å². The van der Waals surface area contributed by atoms with Crippen molar-refractivity contribution in [2.45, 2.75) is 33.2 Å². The second-order valence-corrected chi connectivity index (χ2v) is 7.44. The number of hydrogen-bond donors (Lipinski definition) is 4. The van der Waals surface area contributed by atoms with Crippen molar-refractivity contribution < 1.29 is 14.6 Å². The Balaban J connectivity index is 1.62. The van der Waals surface area contributed by atoms with E-state index < -0.39 is 0 Å². The first kappa shape index (κ1) is 23.5. The lowest BCUT2D eigenvalue weighted by Gasteiger charge is -2.13. The first-order valence-electron chi connectivity index (χ1n) is 11.2. The molecule has 0 saturated carbocycles. The van der Waals surface area contributed by atoms with Crippen molar-refractivity contribution in [1.82, 2.24) is 15.6 Å². The van der Waals surface area contributed by atoms with E-state index in [9.17, 15) is 0 Å². The molecule has 32 heavy (non-hydrogen) atoms. The molecule has 0 unspecified atom stereocenters. The molecule has 7 heteroatoms. The van der Waals surface area contributed by atoms with Crippen molar-refractivity contribution in [3.05, 3.63) is 59.3 Å². The van der Waals surface area contributed by atoms with Gasteiger partial charge in [0.2, 0.25) is 0 Å². The molecule has 1 aromatic heterocycles. The van der Waals surface area contributed by atoms with Gasteiger partial charge in [0.15, 0.2) is 17.5 Å². The number of aryl methyl sites for hydroxylation is 1. The standard InChI is InChI=1S/C25H34N4O3/c1-4-19-7-6-8-21-20(17-28-24(19)21)11-12-27-25(26-5-2)29-16-18-9-10-22(32-14-13-30)23(15-18)31-3/h6-10,15,17,28,30H,4-5,11-14,16H2,1-3H3,(H2,26,27,29). The molecule has 172 valence electrons. The van der Waals surface area contributed by atoms with Crippen LogP contribution in [0, 0.1) is 0 Å². The van der Waals surface area contributed by atoms with Crippen LogP contribution in [0.2, 0.25) is 0 Å². The van der Waals surface area contributed by atoms with Crippen molar-refractivity contribution in [3.8, 4) is 11.5 Å². The predicted octanol–water partition coefficient (Wildman–Crippen LogP) is 3.41. The molecule has 1 heterocycles. The summed E-state index contributed by atoms with van der Waals surface area (Å²) in [6.45, 7) is 6.52.